The number of nitrogens with zero attached hydrogens (tertiary/aromatic N) is 2. The van der Waals surface area contributed by atoms with Crippen molar-refractivity contribution in [3.8, 4) is 0 Å². The van der Waals surface area contributed by atoms with E-state index in [-0.39, 0.29) is 24.0 Å². The fraction of sp³-hybridized carbons (Fsp3) is 0.368. The average Bonchev–Trinajstić information content (AvgIpc) is 2.90. The Hall–Kier alpha value is -2.45. The van der Waals surface area contributed by atoms with Crippen molar-refractivity contribution in [1.29, 1.82) is 0 Å². The molecule has 1 aliphatic rings. The molecule has 0 N–H and O–H groups in total. The van der Waals surface area contributed by atoms with Gasteiger partial charge in [0.25, 0.3) is 5.91 Å². The monoisotopic (exact) mass is 390 g/mol. The van der Waals surface area contributed by atoms with Gasteiger partial charge in [-0.2, -0.15) is 4.31 Å². The first-order valence-electron chi connectivity index (χ1n) is 8.90. The second kappa shape index (κ2) is 7.28. The van der Waals surface area contributed by atoms with E-state index in [1.54, 1.807) is 45.0 Å². The number of ether oxygens (including phenoxy) is 1. The van der Waals surface area contributed by atoms with E-state index in [2.05, 4.69) is 0 Å². The van der Waals surface area contributed by atoms with Gasteiger partial charge in [0.15, 0.2) is 0 Å². The molecule has 0 radical (unpaired) electrons. The van der Waals surface area contributed by atoms with Crippen LogP contribution >= 0.6 is 0 Å². The summed E-state index contributed by atoms with van der Waals surface area (Å²) < 4.78 is 32.4. The Morgan fingerprint density at radius 2 is 1.81 bits per heavy atom. The third kappa shape index (κ3) is 3.08. The van der Waals surface area contributed by atoms with Crippen LogP contribution in [0.2, 0.25) is 0 Å². The Morgan fingerprint density at radius 1 is 1.11 bits per heavy atom. The van der Waals surface area contributed by atoms with Crippen LogP contribution in [-0.2, 0) is 19.6 Å². The molecule has 27 heavy (non-hydrogen) atoms. The van der Waals surface area contributed by atoms with Gasteiger partial charge in [0, 0.05) is 29.4 Å². The number of carbonyl (C=O) groups is 2. The average molecular weight is 390 g/mol. The summed E-state index contributed by atoms with van der Waals surface area (Å²) >= 11 is 0. The highest BCUT2D eigenvalue weighted by molar-refractivity contribution is 7.89. The van der Waals surface area contributed by atoms with Gasteiger partial charge < -0.3 is 4.74 Å². The molecule has 0 aliphatic carbocycles. The minimum atomic E-state index is -3.69. The molecule has 0 aromatic heterocycles. The molecule has 0 saturated heterocycles. The lowest BCUT2D eigenvalue weighted by atomic mass is 10.1. The molecule has 2 aromatic rings. The summed E-state index contributed by atoms with van der Waals surface area (Å²) in [6.45, 7) is 6.00. The van der Waals surface area contributed by atoms with Gasteiger partial charge in [-0.25, -0.2) is 8.42 Å². The maximum atomic E-state index is 13.0. The molecule has 0 saturated carbocycles. The molecule has 0 spiro atoms. The van der Waals surface area contributed by atoms with E-state index in [9.17, 15) is 18.0 Å². The van der Waals surface area contributed by atoms with Gasteiger partial charge >= 0.3 is 5.97 Å². The summed E-state index contributed by atoms with van der Waals surface area (Å²) in [6.07, 6.45) is 0. The zero-order chi connectivity index (χ0) is 19.8. The van der Waals surface area contributed by atoms with E-state index < -0.39 is 16.0 Å². The SMILES string of the molecule is CCOC(=O)CN1C(=O)c2cccc3c(S(=O)(=O)N(CC)CC)ccc1c23. The number of benzene rings is 2. The highest BCUT2D eigenvalue weighted by Gasteiger charge is 2.34. The summed E-state index contributed by atoms with van der Waals surface area (Å²) in [6, 6.07) is 8.10. The fourth-order valence-electron chi connectivity index (χ4n) is 3.44. The van der Waals surface area contributed by atoms with Crippen molar-refractivity contribution in [3.05, 3.63) is 35.9 Å². The van der Waals surface area contributed by atoms with Crippen LogP contribution in [-0.4, -0.2) is 50.8 Å². The quantitative estimate of drug-likeness (QED) is 0.678. The van der Waals surface area contributed by atoms with Crippen molar-refractivity contribution in [2.75, 3.05) is 31.1 Å². The minimum Gasteiger partial charge on any atom is -0.465 e. The standard InChI is InChI=1S/C19H22N2O5S/c1-4-20(5-2)27(24,25)16-11-10-15-18-13(16)8-7-9-14(18)19(23)21(15)12-17(22)26-6-3/h7-11H,4-6,12H2,1-3H3. The molecule has 3 rings (SSSR count). The molecular weight excluding hydrogens is 368 g/mol. The number of amides is 1. The van der Waals surface area contributed by atoms with Crippen LogP contribution in [0.15, 0.2) is 35.2 Å². The number of hydrogen-bond acceptors (Lipinski definition) is 5. The van der Waals surface area contributed by atoms with Gasteiger partial charge in [-0.1, -0.05) is 26.0 Å². The summed E-state index contributed by atoms with van der Waals surface area (Å²) in [5.74, 6) is -0.840. The first-order chi connectivity index (χ1) is 12.9. The zero-order valence-corrected chi connectivity index (χ0v) is 16.4. The van der Waals surface area contributed by atoms with Crippen LogP contribution in [0.25, 0.3) is 10.8 Å². The van der Waals surface area contributed by atoms with Gasteiger partial charge in [-0.05, 0) is 25.1 Å². The normalized spacial score (nSPS) is 13.6. The van der Waals surface area contributed by atoms with Crippen LogP contribution in [0, 0.1) is 0 Å². The maximum absolute atomic E-state index is 13.0. The molecule has 1 amide bonds. The molecule has 144 valence electrons. The number of carbonyl (C=O) groups excluding carboxylic acids is 2. The molecule has 0 fully saturated rings. The number of sulfonamides is 1. The van der Waals surface area contributed by atoms with E-state index in [4.69, 9.17) is 4.74 Å². The van der Waals surface area contributed by atoms with Crippen molar-refractivity contribution >= 4 is 38.4 Å². The second-order valence-electron chi connectivity index (χ2n) is 6.10. The van der Waals surface area contributed by atoms with E-state index in [1.165, 1.54) is 15.3 Å². The van der Waals surface area contributed by atoms with Crippen molar-refractivity contribution in [2.45, 2.75) is 25.7 Å². The minimum absolute atomic E-state index is 0.164. The van der Waals surface area contributed by atoms with Crippen LogP contribution in [0.1, 0.15) is 31.1 Å². The number of hydrogen-bond donors (Lipinski definition) is 0. The lowest BCUT2D eigenvalue weighted by Crippen LogP contribution is -2.33. The fourth-order valence-corrected chi connectivity index (χ4v) is 5.09. The Bertz CT molecular complexity index is 1010. The van der Waals surface area contributed by atoms with Crippen molar-refractivity contribution in [2.24, 2.45) is 0 Å². The maximum Gasteiger partial charge on any atom is 0.326 e. The van der Waals surface area contributed by atoms with Gasteiger partial charge in [0.1, 0.15) is 6.54 Å². The van der Waals surface area contributed by atoms with E-state index >= 15 is 0 Å². The summed E-state index contributed by atoms with van der Waals surface area (Å²) in [5.41, 5.74) is 0.917. The van der Waals surface area contributed by atoms with Gasteiger partial charge in [-0.3, -0.25) is 14.5 Å². The molecule has 8 heteroatoms. The summed E-state index contributed by atoms with van der Waals surface area (Å²) in [4.78, 5) is 26.2. The Morgan fingerprint density at radius 3 is 2.44 bits per heavy atom. The first-order valence-corrected chi connectivity index (χ1v) is 10.3. The number of anilines is 1. The van der Waals surface area contributed by atoms with Crippen LogP contribution in [0.3, 0.4) is 0 Å². The molecule has 1 aliphatic heterocycles. The Kier molecular flexibility index (Phi) is 5.21. The molecule has 0 bridgehead atoms. The summed E-state index contributed by atoms with van der Waals surface area (Å²) in [7, 11) is -3.69. The zero-order valence-electron chi connectivity index (χ0n) is 15.6. The van der Waals surface area contributed by atoms with Crippen molar-refractivity contribution in [1.82, 2.24) is 4.31 Å². The summed E-state index contributed by atoms with van der Waals surface area (Å²) in [5, 5.41) is 1.04. The van der Waals surface area contributed by atoms with Gasteiger partial charge in [-0.15, -0.1) is 0 Å². The molecule has 0 unspecified atom stereocenters. The number of esters is 1. The van der Waals surface area contributed by atoms with E-state index in [0.717, 1.165) is 0 Å². The lowest BCUT2D eigenvalue weighted by molar-refractivity contribution is -0.141. The second-order valence-corrected chi connectivity index (χ2v) is 8.00. The van der Waals surface area contributed by atoms with Crippen molar-refractivity contribution < 1.29 is 22.7 Å². The van der Waals surface area contributed by atoms with Crippen LogP contribution in [0.5, 0.6) is 0 Å². The molecular formula is C19H22N2O5S. The number of rotatable bonds is 7. The largest absolute Gasteiger partial charge is 0.465 e. The highest BCUT2D eigenvalue weighted by atomic mass is 32.2. The van der Waals surface area contributed by atoms with Crippen LogP contribution < -0.4 is 4.90 Å². The molecule has 1 heterocycles. The predicted molar refractivity (Wildman–Crippen MR) is 102 cm³/mol. The third-order valence-corrected chi connectivity index (χ3v) is 6.77. The predicted octanol–water partition coefficient (Wildman–Crippen LogP) is 2.39. The first kappa shape index (κ1) is 19.3. The topological polar surface area (TPSA) is 84.0 Å². The van der Waals surface area contributed by atoms with Gasteiger partial charge in [0.05, 0.1) is 17.2 Å². The van der Waals surface area contributed by atoms with E-state index in [1.807, 2.05) is 0 Å². The van der Waals surface area contributed by atoms with Crippen LogP contribution in [0.4, 0.5) is 5.69 Å². The molecule has 7 nitrogen and oxygen atoms in total. The smallest absolute Gasteiger partial charge is 0.326 e. The Labute approximate surface area is 158 Å². The van der Waals surface area contributed by atoms with Crippen molar-refractivity contribution in [3.63, 3.8) is 0 Å². The Balaban J connectivity index is 2.17. The molecule has 0 atom stereocenters. The third-order valence-electron chi connectivity index (χ3n) is 4.66. The van der Waals surface area contributed by atoms with E-state index in [0.29, 0.717) is 35.1 Å². The van der Waals surface area contributed by atoms with Gasteiger partial charge in [0.2, 0.25) is 10.0 Å². The molecule has 2 aromatic carbocycles. The lowest BCUT2D eigenvalue weighted by Gasteiger charge is -2.20. The highest BCUT2D eigenvalue weighted by Crippen LogP contribution is 2.40.